The highest BCUT2D eigenvalue weighted by atomic mass is 32.2. The molecule has 27 heavy (non-hydrogen) atoms. The summed E-state index contributed by atoms with van der Waals surface area (Å²) >= 11 is -1.39. The molecule has 1 unspecified atom stereocenters. The van der Waals surface area contributed by atoms with Crippen molar-refractivity contribution in [3.63, 3.8) is 0 Å². The first kappa shape index (κ1) is 19.0. The number of pyridine rings is 2. The molecule has 0 spiro atoms. The fourth-order valence-electron chi connectivity index (χ4n) is 2.49. The van der Waals surface area contributed by atoms with Crippen molar-refractivity contribution >= 4 is 22.3 Å². The van der Waals surface area contributed by atoms with E-state index in [0.29, 0.717) is 40.9 Å². The van der Waals surface area contributed by atoms with Crippen molar-refractivity contribution < 1.29 is 14.0 Å². The highest BCUT2D eigenvalue weighted by Gasteiger charge is 2.21. The predicted molar refractivity (Wildman–Crippen MR) is 103 cm³/mol. The first-order chi connectivity index (χ1) is 13.1. The van der Waals surface area contributed by atoms with Crippen LogP contribution in [0.2, 0.25) is 0 Å². The summed E-state index contributed by atoms with van der Waals surface area (Å²) in [6.45, 7) is 4.15. The Labute approximate surface area is 160 Å². The first-order valence-electron chi connectivity index (χ1n) is 8.38. The van der Waals surface area contributed by atoms with E-state index in [-0.39, 0.29) is 5.75 Å². The van der Waals surface area contributed by atoms with Gasteiger partial charge in [-0.1, -0.05) is 0 Å². The van der Waals surface area contributed by atoms with Gasteiger partial charge in [-0.25, -0.2) is 0 Å². The largest absolute Gasteiger partial charge is 0.609 e. The summed E-state index contributed by atoms with van der Waals surface area (Å²) in [5.41, 5.74) is 2.75. The van der Waals surface area contributed by atoms with Crippen LogP contribution in [0.3, 0.4) is 0 Å². The maximum Gasteiger partial charge on any atom is 0.323 e. The molecule has 7 nitrogen and oxygen atoms in total. The van der Waals surface area contributed by atoms with Crippen LogP contribution in [0.25, 0.3) is 11.2 Å². The second kappa shape index (κ2) is 8.75. The number of aromatic nitrogens is 4. The number of fused-ring (bicyclic) bond motifs is 1. The molecule has 0 radical (unpaired) electrons. The minimum Gasteiger partial charge on any atom is -0.609 e. The van der Waals surface area contributed by atoms with Gasteiger partial charge in [0.15, 0.2) is 11.4 Å². The quantitative estimate of drug-likeness (QED) is 0.382. The van der Waals surface area contributed by atoms with E-state index in [1.165, 1.54) is 0 Å². The third-order valence-electron chi connectivity index (χ3n) is 3.91. The zero-order valence-corrected chi connectivity index (χ0v) is 16.2. The summed E-state index contributed by atoms with van der Waals surface area (Å²) in [5, 5.41) is 0.357. The molecule has 3 heterocycles. The van der Waals surface area contributed by atoms with Crippen molar-refractivity contribution in [1.82, 2.24) is 19.9 Å². The van der Waals surface area contributed by atoms with Gasteiger partial charge in [0.2, 0.25) is 5.88 Å². The standard InChI is InChI=1S/C19H20N4O3S/c1-4-5-6-11-26-17-8-7-14-18(22-17)23-19(21-14)27(24)12-15-13(2)16(25-3)9-10-20-15/h7-10H,6,11-12H2,1-3H3,(H,21,22,23). The van der Waals surface area contributed by atoms with Gasteiger partial charge in [0.05, 0.1) is 12.8 Å². The molecule has 8 heteroatoms. The Kier molecular flexibility index (Phi) is 6.16. The molecule has 0 bridgehead atoms. The van der Waals surface area contributed by atoms with Gasteiger partial charge in [0, 0.05) is 35.4 Å². The van der Waals surface area contributed by atoms with E-state index >= 15 is 0 Å². The number of ether oxygens (including phenoxy) is 2. The molecule has 0 aromatic carbocycles. The zero-order chi connectivity index (χ0) is 19.2. The van der Waals surface area contributed by atoms with E-state index < -0.39 is 11.2 Å². The molecule has 3 rings (SSSR count). The van der Waals surface area contributed by atoms with Crippen molar-refractivity contribution in [1.29, 1.82) is 0 Å². The molecule has 0 saturated heterocycles. The van der Waals surface area contributed by atoms with Gasteiger partial charge < -0.3 is 14.0 Å². The Bertz CT molecular complexity index is 994. The first-order valence-corrected chi connectivity index (χ1v) is 9.70. The summed E-state index contributed by atoms with van der Waals surface area (Å²) in [6, 6.07) is 5.30. The number of aromatic amines is 1. The van der Waals surface area contributed by atoms with Crippen molar-refractivity contribution in [2.24, 2.45) is 0 Å². The van der Waals surface area contributed by atoms with Crippen LogP contribution in [0, 0.1) is 18.8 Å². The molecule has 0 aliphatic rings. The number of nitrogens with one attached hydrogen (secondary N) is 1. The minimum atomic E-state index is -1.39. The second-order valence-electron chi connectivity index (χ2n) is 5.66. The number of imidazole rings is 1. The topological polar surface area (TPSA) is 96.0 Å². The molecular weight excluding hydrogens is 364 g/mol. The Hall–Kier alpha value is -2.76. The van der Waals surface area contributed by atoms with E-state index in [1.54, 1.807) is 38.4 Å². The highest BCUT2D eigenvalue weighted by Crippen LogP contribution is 2.23. The van der Waals surface area contributed by atoms with Gasteiger partial charge in [0.1, 0.15) is 17.9 Å². The molecule has 0 amide bonds. The van der Waals surface area contributed by atoms with Crippen LogP contribution in [-0.4, -0.2) is 38.2 Å². The maximum atomic E-state index is 12.7. The van der Waals surface area contributed by atoms with E-state index in [1.807, 2.05) is 6.92 Å². The number of nitrogens with zero attached hydrogens (tertiary/aromatic N) is 3. The summed E-state index contributed by atoms with van der Waals surface area (Å²) in [5.74, 6) is 7.19. The summed E-state index contributed by atoms with van der Waals surface area (Å²) in [4.78, 5) is 16.1. The van der Waals surface area contributed by atoms with Crippen molar-refractivity contribution in [3.8, 4) is 23.5 Å². The lowest BCUT2D eigenvalue weighted by Crippen LogP contribution is -2.10. The number of hydrogen-bond donors (Lipinski definition) is 1. The van der Waals surface area contributed by atoms with Crippen LogP contribution in [0.1, 0.15) is 24.6 Å². The van der Waals surface area contributed by atoms with Crippen LogP contribution in [-0.2, 0) is 16.9 Å². The summed E-state index contributed by atoms with van der Waals surface area (Å²) in [7, 11) is 1.60. The molecule has 0 fully saturated rings. The fourth-order valence-corrected chi connectivity index (χ4v) is 3.58. The van der Waals surface area contributed by atoms with Gasteiger partial charge >= 0.3 is 5.16 Å². The van der Waals surface area contributed by atoms with Crippen LogP contribution in [0.5, 0.6) is 11.6 Å². The normalized spacial score (nSPS) is 11.7. The minimum absolute atomic E-state index is 0.238. The van der Waals surface area contributed by atoms with Crippen LogP contribution < -0.4 is 9.47 Å². The fraction of sp³-hybridized carbons (Fsp3) is 0.316. The number of rotatable bonds is 7. The molecule has 0 saturated carbocycles. The SMILES string of the molecule is CC#CCCOc1ccc2nc([S+]([O-])Cc3nccc(OC)c3C)[nH]c2n1. The van der Waals surface area contributed by atoms with Gasteiger partial charge in [-0.3, -0.25) is 9.97 Å². The second-order valence-corrected chi connectivity index (χ2v) is 7.03. The zero-order valence-electron chi connectivity index (χ0n) is 15.4. The van der Waals surface area contributed by atoms with E-state index in [9.17, 15) is 4.55 Å². The van der Waals surface area contributed by atoms with Crippen LogP contribution in [0.15, 0.2) is 29.6 Å². The van der Waals surface area contributed by atoms with Gasteiger partial charge in [0.25, 0.3) is 0 Å². The smallest absolute Gasteiger partial charge is 0.323 e. The van der Waals surface area contributed by atoms with Crippen molar-refractivity contribution in [3.05, 3.63) is 35.7 Å². The van der Waals surface area contributed by atoms with Crippen LogP contribution in [0.4, 0.5) is 0 Å². The molecule has 1 N–H and O–H groups in total. The van der Waals surface area contributed by atoms with Gasteiger partial charge in [-0.05, 0) is 26.0 Å². The van der Waals surface area contributed by atoms with Crippen molar-refractivity contribution in [2.45, 2.75) is 31.2 Å². The number of H-pyrrole nitrogens is 1. The van der Waals surface area contributed by atoms with Crippen LogP contribution >= 0.6 is 0 Å². The number of hydrogen-bond acceptors (Lipinski definition) is 6. The molecule has 3 aromatic rings. The Morgan fingerprint density at radius 3 is 2.89 bits per heavy atom. The molecule has 3 aromatic heterocycles. The Morgan fingerprint density at radius 1 is 1.26 bits per heavy atom. The Morgan fingerprint density at radius 2 is 2.11 bits per heavy atom. The molecule has 1 atom stereocenters. The van der Waals surface area contributed by atoms with Gasteiger partial charge in [-0.2, -0.15) is 9.97 Å². The Balaban J connectivity index is 1.75. The predicted octanol–water partition coefficient (Wildman–Crippen LogP) is 2.77. The van der Waals surface area contributed by atoms with E-state index in [2.05, 4.69) is 31.8 Å². The monoisotopic (exact) mass is 384 g/mol. The van der Waals surface area contributed by atoms with E-state index in [4.69, 9.17) is 9.47 Å². The highest BCUT2D eigenvalue weighted by molar-refractivity contribution is 7.90. The molecule has 0 aliphatic carbocycles. The number of methoxy groups -OCH3 is 1. The maximum absolute atomic E-state index is 12.7. The third kappa shape index (κ3) is 4.51. The molecular formula is C19H20N4O3S. The third-order valence-corrected chi connectivity index (χ3v) is 5.07. The molecule has 0 aliphatic heterocycles. The molecule has 140 valence electrons. The average Bonchev–Trinajstić information content (AvgIpc) is 3.10. The lowest BCUT2D eigenvalue weighted by Gasteiger charge is -2.10. The summed E-state index contributed by atoms with van der Waals surface area (Å²) < 4.78 is 23.6. The van der Waals surface area contributed by atoms with E-state index in [0.717, 1.165) is 11.3 Å². The van der Waals surface area contributed by atoms with Crippen molar-refractivity contribution in [2.75, 3.05) is 13.7 Å². The summed E-state index contributed by atoms with van der Waals surface area (Å²) in [6.07, 6.45) is 2.28. The lowest BCUT2D eigenvalue weighted by atomic mass is 10.2. The van der Waals surface area contributed by atoms with Gasteiger partial charge in [-0.15, -0.1) is 11.8 Å². The lowest BCUT2D eigenvalue weighted by molar-refractivity contribution is 0.315. The average molecular weight is 384 g/mol.